The van der Waals surface area contributed by atoms with Crippen molar-refractivity contribution in [3.05, 3.63) is 105 Å². The van der Waals surface area contributed by atoms with Crippen molar-refractivity contribution in [3.8, 4) is 0 Å². The zero-order valence-corrected chi connectivity index (χ0v) is 25.2. The first-order valence-electron chi connectivity index (χ1n) is 14.7. The quantitative estimate of drug-likeness (QED) is 0.202. The van der Waals surface area contributed by atoms with E-state index in [2.05, 4.69) is 99.4 Å². The second kappa shape index (κ2) is 12.5. The molecule has 5 heteroatoms. The molecule has 0 spiro atoms. The van der Waals surface area contributed by atoms with E-state index in [1.807, 2.05) is 12.1 Å². The Morgan fingerprint density at radius 2 is 1.75 bits per heavy atom. The van der Waals surface area contributed by atoms with Crippen LogP contribution in [0, 0.1) is 13.8 Å². The van der Waals surface area contributed by atoms with E-state index >= 15 is 0 Å². The van der Waals surface area contributed by atoms with Crippen molar-refractivity contribution in [1.29, 1.82) is 0 Å². The molecule has 0 saturated carbocycles. The number of halogens is 1. The molecular weight excluding hydrogens is 512 g/mol. The summed E-state index contributed by atoms with van der Waals surface area (Å²) in [6.07, 6.45) is 5.46. The minimum Gasteiger partial charge on any atom is -0.367 e. The Labute approximate surface area is 244 Å². The maximum absolute atomic E-state index is 6.84. The van der Waals surface area contributed by atoms with Crippen LogP contribution in [0.1, 0.15) is 73.2 Å². The van der Waals surface area contributed by atoms with Crippen LogP contribution in [0.2, 0.25) is 5.02 Å². The molecule has 208 valence electrons. The molecule has 1 aliphatic carbocycles. The molecule has 1 N–H and O–H groups in total. The number of hydrogen-bond donors (Lipinski definition) is 1. The van der Waals surface area contributed by atoms with Gasteiger partial charge in [0, 0.05) is 27.9 Å². The Hall–Kier alpha value is -3.21. The summed E-state index contributed by atoms with van der Waals surface area (Å²) in [5, 5.41) is 5.63. The number of nitrogens with zero attached hydrogens (tertiary/aromatic N) is 3. The third kappa shape index (κ3) is 6.09. The molecule has 0 saturated heterocycles. The summed E-state index contributed by atoms with van der Waals surface area (Å²) in [6.45, 7) is 14.3. The van der Waals surface area contributed by atoms with Gasteiger partial charge in [-0.1, -0.05) is 85.6 Å². The summed E-state index contributed by atoms with van der Waals surface area (Å²) in [5.74, 6) is 1.84. The molecule has 1 aliphatic rings. The molecule has 4 nitrogen and oxygen atoms in total. The van der Waals surface area contributed by atoms with Crippen LogP contribution in [-0.4, -0.2) is 40.5 Å². The maximum Gasteiger partial charge on any atom is 0.162 e. The molecule has 5 rings (SSSR count). The number of rotatable bonds is 11. The molecule has 1 heterocycles. The van der Waals surface area contributed by atoms with Crippen LogP contribution < -0.4 is 5.32 Å². The monoisotopic (exact) mass is 552 g/mol. The van der Waals surface area contributed by atoms with E-state index < -0.39 is 0 Å². The molecule has 3 aromatic carbocycles. The van der Waals surface area contributed by atoms with Gasteiger partial charge in [-0.05, 0) is 94.1 Å². The predicted molar refractivity (Wildman–Crippen MR) is 171 cm³/mol. The lowest BCUT2D eigenvalue weighted by Gasteiger charge is -2.21. The Kier molecular flexibility index (Phi) is 8.87. The minimum atomic E-state index is 0.173. The number of hydrogen-bond acceptors (Lipinski definition) is 4. The second-order valence-electron chi connectivity index (χ2n) is 11.2. The molecule has 0 aliphatic heterocycles. The molecule has 40 heavy (non-hydrogen) atoms. The number of aromatic nitrogens is 2. The van der Waals surface area contributed by atoms with Crippen molar-refractivity contribution in [1.82, 2.24) is 14.9 Å². The first-order chi connectivity index (χ1) is 19.4. The maximum atomic E-state index is 6.84. The van der Waals surface area contributed by atoms with Gasteiger partial charge < -0.3 is 10.2 Å². The third-order valence-corrected chi connectivity index (χ3v) is 8.51. The Balaban J connectivity index is 1.51. The van der Waals surface area contributed by atoms with E-state index in [-0.39, 0.29) is 5.92 Å². The van der Waals surface area contributed by atoms with Crippen LogP contribution in [0.4, 0.5) is 5.82 Å². The first kappa shape index (κ1) is 28.3. The number of aryl methyl sites for hydroxylation is 2. The van der Waals surface area contributed by atoms with Gasteiger partial charge >= 0.3 is 0 Å². The average molecular weight is 553 g/mol. The van der Waals surface area contributed by atoms with Crippen molar-refractivity contribution in [3.63, 3.8) is 0 Å². The lowest BCUT2D eigenvalue weighted by atomic mass is 9.93. The zero-order chi connectivity index (χ0) is 28.2. The normalized spacial score (nSPS) is 15.4. The van der Waals surface area contributed by atoms with Gasteiger partial charge in [0.15, 0.2) is 5.82 Å². The fraction of sp³-hybridized carbons (Fsp3) is 0.371. The van der Waals surface area contributed by atoms with Crippen molar-refractivity contribution in [2.45, 2.75) is 65.8 Å². The number of anilines is 1. The SMILES string of the molecule is CCN(CC)CCCC(C)Nc1nc(C2=CC(Cc3cccc(C)c3)c3c(Cl)cccc32)nc2c(C)cccc12. The highest BCUT2D eigenvalue weighted by Gasteiger charge is 2.29. The minimum absolute atomic E-state index is 0.173. The number of nitrogens with one attached hydrogen (secondary N) is 1. The molecule has 0 bridgehead atoms. The van der Waals surface area contributed by atoms with Crippen molar-refractivity contribution in [2.24, 2.45) is 0 Å². The van der Waals surface area contributed by atoms with Crippen LogP contribution in [-0.2, 0) is 6.42 Å². The Bertz CT molecular complexity index is 1520. The highest BCUT2D eigenvalue weighted by Crippen LogP contribution is 2.44. The van der Waals surface area contributed by atoms with E-state index in [0.29, 0.717) is 6.04 Å². The summed E-state index contributed by atoms with van der Waals surface area (Å²) in [6, 6.07) is 21.6. The molecule has 2 unspecified atom stereocenters. The third-order valence-electron chi connectivity index (χ3n) is 8.18. The van der Waals surface area contributed by atoms with Crippen LogP contribution in [0.5, 0.6) is 0 Å². The molecular formula is C35H41ClN4. The molecule has 0 radical (unpaired) electrons. The first-order valence-corrected chi connectivity index (χ1v) is 15.1. The predicted octanol–water partition coefficient (Wildman–Crippen LogP) is 8.59. The topological polar surface area (TPSA) is 41.0 Å². The van der Waals surface area contributed by atoms with E-state index in [4.69, 9.17) is 21.6 Å². The highest BCUT2D eigenvalue weighted by molar-refractivity contribution is 6.32. The lowest BCUT2D eigenvalue weighted by Crippen LogP contribution is -2.26. The molecule has 1 aromatic heterocycles. The number of fused-ring (bicyclic) bond motifs is 2. The van der Waals surface area contributed by atoms with Crippen LogP contribution in [0.3, 0.4) is 0 Å². The largest absolute Gasteiger partial charge is 0.367 e. The smallest absolute Gasteiger partial charge is 0.162 e. The van der Waals surface area contributed by atoms with Crippen molar-refractivity contribution in [2.75, 3.05) is 25.0 Å². The van der Waals surface area contributed by atoms with Gasteiger partial charge in [-0.25, -0.2) is 9.97 Å². The summed E-state index contributed by atoms with van der Waals surface area (Å²) in [5.41, 5.74) is 8.11. The Morgan fingerprint density at radius 1 is 0.975 bits per heavy atom. The fourth-order valence-corrected chi connectivity index (χ4v) is 6.28. The summed E-state index contributed by atoms with van der Waals surface area (Å²) in [4.78, 5) is 12.8. The van der Waals surface area contributed by atoms with Gasteiger partial charge in [-0.15, -0.1) is 0 Å². The van der Waals surface area contributed by atoms with Gasteiger partial charge in [-0.3, -0.25) is 0 Å². The fourth-order valence-electron chi connectivity index (χ4n) is 5.96. The number of allylic oxidation sites excluding steroid dienone is 1. The number of para-hydroxylation sites is 1. The Morgan fingerprint density at radius 3 is 2.52 bits per heavy atom. The standard InChI is InChI=1S/C35H41ClN4/c1-6-40(7-2)19-11-14-25(5)37-34-29-17-9-13-24(4)33(29)38-35(39-34)30-22-27(21-26-15-8-12-23(3)20-26)32-28(30)16-10-18-31(32)36/h8-10,12-13,15-18,20,22,25,27H,6-7,11,14,19,21H2,1-5H3,(H,37,38,39). The van der Waals surface area contributed by atoms with Crippen molar-refractivity contribution < 1.29 is 0 Å². The highest BCUT2D eigenvalue weighted by atomic mass is 35.5. The van der Waals surface area contributed by atoms with E-state index in [1.165, 1.54) is 16.7 Å². The zero-order valence-electron chi connectivity index (χ0n) is 24.5. The van der Waals surface area contributed by atoms with Gasteiger partial charge in [0.05, 0.1) is 5.52 Å². The molecule has 0 fully saturated rings. The summed E-state index contributed by atoms with van der Waals surface area (Å²) < 4.78 is 0. The van der Waals surface area contributed by atoms with Crippen molar-refractivity contribution >= 4 is 33.9 Å². The summed E-state index contributed by atoms with van der Waals surface area (Å²) >= 11 is 6.84. The van der Waals surface area contributed by atoms with Crippen LogP contribution >= 0.6 is 11.6 Å². The molecule has 4 aromatic rings. The lowest BCUT2D eigenvalue weighted by molar-refractivity contribution is 0.295. The van der Waals surface area contributed by atoms with E-state index in [9.17, 15) is 0 Å². The second-order valence-corrected chi connectivity index (χ2v) is 11.6. The van der Waals surface area contributed by atoms with Gasteiger partial charge in [0.1, 0.15) is 5.82 Å². The van der Waals surface area contributed by atoms with Crippen LogP contribution in [0.25, 0.3) is 16.5 Å². The van der Waals surface area contributed by atoms with E-state index in [1.54, 1.807) is 0 Å². The van der Waals surface area contributed by atoms with E-state index in [0.717, 1.165) is 83.2 Å². The van der Waals surface area contributed by atoms with Gasteiger partial charge in [0.25, 0.3) is 0 Å². The summed E-state index contributed by atoms with van der Waals surface area (Å²) in [7, 11) is 0. The van der Waals surface area contributed by atoms with Gasteiger partial charge in [-0.2, -0.15) is 0 Å². The average Bonchev–Trinajstić information content (AvgIpc) is 3.31. The molecule has 2 atom stereocenters. The van der Waals surface area contributed by atoms with Gasteiger partial charge in [0.2, 0.25) is 0 Å². The van der Waals surface area contributed by atoms with Crippen LogP contribution in [0.15, 0.2) is 66.7 Å². The molecule has 0 amide bonds. The number of benzene rings is 3.